The number of nitrogens with zero attached hydrogens (tertiary/aromatic N) is 1. The number of allylic oxidation sites excluding steroid dienone is 2. The lowest BCUT2D eigenvalue weighted by molar-refractivity contribution is -0.151. The first-order valence-electron chi connectivity index (χ1n) is 13.2. The van der Waals surface area contributed by atoms with Crippen LogP contribution in [0.4, 0.5) is 0 Å². The molecular formula is C31H37NO7. The van der Waals surface area contributed by atoms with Crippen molar-refractivity contribution >= 4 is 17.5 Å². The van der Waals surface area contributed by atoms with Gasteiger partial charge in [0, 0.05) is 34.9 Å². The molecule has 0 spiro atoms. The number of rotatable bonds is 9. The Morgan fingerprint density at radius 1 is 0.949 bits per heavy atom. The van der Waals surface area contributed by atoms with Gasteiger partial charge in [-0.3, -0.25) is 14.6 Å². The molecule has 0 amide bonds. The van der Waals surface area contributed by atoms with Crippen LogP contribution in [-0.2, 0) is 14.3 Å². The van der Waals surface area contributed by atoms with Gasteiger partial charge in [-0.25, -0.2) is 0 Å². The molecule has 2 aromatic rings. The summed E-state index contributed by atoms with van der Waals surface area (Å²) in [6, 6.07) is 11.2. The second-order valence-electron chi connectivity index (χ2n) is 9.98. The molecule has 208 valence electrons. The maximum Gasteiger partial charge on any atom is 0.315 e. The molecular weight excluding hydrogens is 498 g/mol. The van der Waals surface area contributed by atoms with Gasteiger partial charge in [-0.1, -0.05) is 13.0 Å². The quantitative estimate of drug-likeness (QED) is 0.384. The molecule has 2 aliphatic rings. The van der Waals surface area contributed by atoms with E-state index in [9.17, 15) is 9.59 Å². The van der Waals surface area contributed by atoms with E-state index in [0.29, 0.717) is 58.4 Å². The molecule has 0 fully saturated rings. The third kappa shape index (κ3) is 5.51. The first kappa shape index (κ1) is 28.2. The first-order valence-corrected chi connectivity index (χ1v) is 13.2. The number of ether oxygens (including phenoxy) is 5. The summed E-state index contributed by atoms with van der Waals surface area (Å²) >= 11 is 0. The van der Waals surface area contributed by atoms with Crippen molar-refractivity contribution in [3.63, 3.8) is 0 Å². The van der Waals surface area contributed by atoms with Gasteiger partial charge in [-0.2, -0.15) is 0 Å². The Balaban J connectivity index is 1.83. The van der Waals surface area contributed by atoms with E-state index in [0.717, 1.165) is 5.56 Å². The van der Waals surface area contributed by atoms with Crippen LogP contribution in [0.5, 0.6) is 23.0 Å². The van der Waals surface area contributed by atoms with Crippen molar-refractivity contribution in [2.45, 2.75) is 58.0 Å². The highest BCUT2D eigenvalue weighted by Gasteiger charge is 2.46. The molecule has 0 saturated heterocycles. The van der Waals surface area contributed by atoms with Crippen LogP contribution in [0.2, 0.25) is 0 Å². The second-order valence-corrected chi connectivity index (χ2v) is 9.98. The van der Waals surface area contributed by atoms with E-state index in [4.69, 9.17) is 28.7 Å². The van der Waals surface area contributed by atoms with Gasteiger partial charge in [0.1, 0.15) is 17.4 Å². The third-order valence-electron chi connectivity index (χ3n) is 7.69. The van der Waals surface area contributed by atoms with Gasteiger partial charge in [-0.15, -0.1) is 0 Å². The number of carbonyl (C=O) groups excluding carboxylic acids is 2. The second kappa shape index (κ2) is 11.9. The van der Waals surface area contributed by atoms with Gasteiger partial charge in [-0.05, 0) is 68.5 Å². The maximum absolute atomic E-state index is 14.0. The Morgan fingerprint density at radius 2 is 1.64 bits per heavy atom. The minimum atomic E-state index is -0.764. The smallest absolute Gasteiger partial charge is 0.315 e. The molecule has 1 aliphatic carbocycles. The zero-order chi connectivity index (χ0) is 28.3. The molecule has 1 aliphatic heterocycles. The van der Waals surface area contributed by atoms with Gasteiger partial charge in [0.2, 0.25) is 0 Å². The molecule has 0 saturated carbocycles. The summed E-state index contributed by atoms with van der Waals surface area (Å²) in [7, 11) is 6.34. The Hall–Kier alpha value is -3.81. The van der Waals surface area contributed by atoms with Crippen molar-refractivity contribution in [2.24, 2.45) is 10.9 Å². The molecule has 8 heteroatoms. The number of hydrogen-bond acceptors (Lipinski definition) is 8. The SMILES string of the molecule is CC[C@H](C)OC(=O)C1C(C)=NC2=C(C(=O)C[C@H](c3ccc(OC)c(OC)c3)C2)[C@H]1c1cc(OC)ccc1OC. The highest BCUT2D eigenvalue weighted by Crippen LogP contribution is 2.49. The lowest BCUT2D eigenvalue weighted by atomic mass is 9.69. The zero-order valence-electron chi connectivity index (χ0n) is 23.7. The summed E-state index contributed by atoms with van der Waals surface area (Å²) in [5.74, 6) is 0.486. The van der Waals surface area contributed by atoms with Crippen LogP contribution in [-0.4, -0.2) is 52.0 Å². The Bertz CT molecular complexity index is 1310. The fourth-order valence-electron chi connectivity index (χ4n) is 5.48. The lowest BCUT2D eigenvalue weighted by Gasteiger charge is -2.37. The summed E-state index contributed by atoms with van der Waals surface area (Å²) in [6.45, 7) is 5.65. The number of hydrogen-bond donors (Lipinski definition) is 0. The third-order valence-corrected chi connectivity index (χ3v) is 7.69. The molecule has 1 heterocycles. The molecule has 2 aromatic carbocycles. The lowest BCUT2D eigenvalue weighted by Crippen LogP contribution is -2.39. The summed E-state index contributed by atoms with van der Waals surface area (Å²) in [5, 5.41) is 0. The predicted molar refractivity (Wildman–Crippen MR) is 148 cm³/mol. The molecule has 0 bridgehead atoms. The molecule has 0 radical (unpaired) electrons. The topological polar surface area (TPSA) is 92.7 Å². The number of esters is 1. The van der Waals surface area contributed by atoms with Crippen LogP contribution in [0, 0.1) is 5.92 Å². The van der Waals surface area contributed by atoms with E-state index in [1.807, 2.05) is 45.0 Å². The van der Waals surface area contributed by atoms with Crippen LogP contribution in [0.1, 0.15) is 63.0 Å². The van der Waals surface area contributed by atoms with Crippen LogP contribution in [0.15, 0.2) is 52.7 Å². The van der Waals surface area contributed by atoms with Crippen molar-refractivity contribution in [3.05, 3.63) is 58.8 Å². The van der Waals surface area contributed by atoms with Crippen LogP contribution in [0.25, 0.3) is 0 Å². The van der Waals surface area contributed by atoms with Crippen LogP contribution in [0.3, 0.4) is 0 Å². The number of carbonyl (C=O) groups is 2. The van der Waals surface area contributed by atoms with E-state index in [-0.39, 0.29) is 24.2 Å². The van der Waals surface area contributed by atoms with E-state index >= 15 is 0 Å². The standard InChI is InChI=1S/C31H37NO7/c1-8-17(2)39-31(34)28-18(3)32-23-13-20(19-9-11-26(37-6)27(15-19)38-7)14-24(33)30(23)29(28)22-16-21(35-4)10-12-25(22)36-5/h9-12,15-17,20,28-29H,8,13-14H2,1-7H3/t17-,20+,28?,29-/m0/s1. The van der Waals surface area contributed by atoms with Crippen LogP contribution >= 0.6 is 0 Å². The summed E-state index contributed by atoms with van der Waals surface area (Å²) in [4.78, 5) is 32.4. The van der Waals surface area contributed by atoms with Crippen molar-refractivity contribution in [1.82, 2.24) is 0 Å². The van der Waals surface area contributed by atoms with E-state index < -0.39 is 17.8 Å². The molecule has 0 N–H and O–H groups in total. The fraction of sp³-hybridized carbons (Fsp3) is 0.452. The number of Topliss-reactive ketones (excluding diaryl/α,β-unsaturated/α-hetero) is 1. The van der Waals surface area contributed by atoms with Crippen molar-refractivity contribution in [1.29, 1.82) is 0 Å². The maximum atomic E-state index is 14.0. The molecule has 4 atom stereocenters. The van der Waals surface area contributed by atoms with Gasteiger partial charge < -0.3 is 23.7 Å². The van der Waals surface area contributed by atoms with Crippen molar-refractivity contribution < 1.29 is 33.3 Å². The Kier molecular flexibility index (Phi) is 8.63. The Morgan fingerprint density at radius 3 is 2.28 bits per heavy atom. The summed E-state index contributed by atoms with van der Waals surface area (Å²) in [5.41, 5.74) is 3.50. The van der Waals surface area contributed by atoms with E-state index in [1.54, 1.807) is 40.6 Å². The minimum Gasteiger partial charge on any atom is -0.497 e. The van der Waals surface area contributed by atoms with Gasteiger partial charge >= 0.3 is 5.97 Å². The normalized spacial score (nSPS) is 21.5. The van der Waals surface area contributed by atoms with Gasteiger partial charge in [0.25, 0.3) is 0 Å². The molecule has 4 rings (SSSR count). The highest BCUT2D eigenvalue weighted by atomic mass is 16.5. The first-order chi connectivity index (χ1) is 18.8. The number of aliphatic imine (C=N–C) groups is 1. The number of benzene rings is 2. The molecule has 0 aromatic heterocycles. The predicted octanol–water partition coefficient (Wildman–Crippen LogP) is 5.64. The number of ketones is 1. The molecule has 1 unspecified atom stereocenters. The average molecular weight is 536 g/mol. The van der Waals surface area contributed by atoms with Gasteiger partial charge in [0.05, 0.1) is 34.5 Å². The van der Waals surface area contributed by atoms with E-state index in [2.05, 4.69) is 0 Å². The summed E-state index contributed by atoms with van der Waals surface area (Å²) < 4.78 is 27.9. The van der Waals surface area contributed by atoms with Crippen molar-refractivity contribution in [3.8, 4) is 23.0 Å². The monoisotopic (exact) mass is 535 g/mol. The molecule has 39 heavy (non-hydrogen) atoms. The minimum absolute atomic E-state index is 0.0523. The largest absolute Gasteiger partial charge is 0.497 e. The molecule has 8 nitrogen and oxygen atoms in total. The van der Waals surface area contributed by atoms with Gasteiger partial charge in [0.15, 0.2) is 17.3 Å². The summed E-state index contributed by atoms with van der Waals surface area (Å²) in [6.07, 6.45) is 1.25. The van der Waals surface area contributed by atoms with E-state index in [1.165, 1.54) is 0 Å². The fourth-order valence-corrected chi connectivity index (χ4v) is 5.48. The Labute approximate surface area is 230 Å². The van der Waals surface area contributed by atoms with Crippen LogP contribution < -0.4 is 18.9 Å². The zero-order valence-corrected chi connectivity index (χ0v) is 23.7. The number of methoxy groups -OCH3 is 4. The average Bonchev–Trinajstić information content (AvgIpc) is 2.95. The highest BCUT2D eigenvalue weighted by molar-refractivity contribution is 6.09. The van der Waals surface area contributed by atoms with Crippen molar-refractivity contribution in [2.75, 3.05) is 28.4 Å².